The summed E-state index contributed by atoms with van der Waals surface area (Å²) in [6.07, 6.45) is 1.76. The Morgan fingerprint density at radius 1 is 1.05 bits per heavy atom. The number of aromatic nitrogens is 5. The lowest BCUT2D eigenvalue weighted by Gasteiger charge is -2.04. The Balaban J connectivity index is 1.66. The molecular weight excluding hydrogens is 306 g/mol. The van der Waals surface area contributed by atoms with Crippen molar-refractivity contribution in [2.45, 2.75) is 17.5 Å². The minimum atomic E-state index is 0.498. The molecule has 0 saturated heterocycles. The molecule has 5 nitrogen and oxygen atoms in total. The molecule has 0 aliphatic carbocycles. The highest BCUT2D eigenvalue weighted by molar-refractivity contribution is 7.98. The molecule has 2 heterocycles. The van der Waals surface area contributed by atoms with Gasteiger partial charge in [-0.05, 0) is 27.6 Å². The Bertz CT molecular complexity index is 699. The lowest BCUT2D eigenvalue weighted by Crippen LogP contribution is -2.03. The zero-order chi connectivity index (χ0) is 14.5. The molecule has 3 aromatic rings. The van der Waals surface area contributed by atoms with Crippen LogP contribution in [0.25, 0.3) is 0 Å². The number of rotatable bonds is 5. The van der Waals surface area contributed by atoms with Gasteiger partial charge in [0.1, 0.15) is 5.15 Å². The molecule has 0 saturated carbocycles. The van der Waals surface area contributed by atoms with E-state index in [4.69, 9.17) is 11.6 Å². The van der Waals surface area contributed by atoms with Crippen LogP contribution in [0.4, 0.5) is 0 Å². The number of benzene rings is 1. The molecule has 0 aliphatic heterocycles. The van der Waals surface area contributed by atoms with E-state index in [0.29, 0.717) is 11.7 Å². The summed E-state index contributed by atoms with van der Waals surface area (Å²) in [5, 5.41) is 13.1. The molecule has 0 N–H and O–H groups in total. The van der Waals surface area contributed by atoms with Crippen LogP contribution in [0.5, 0.6) is 0 Å². The van der Waals surface area contributed by atoms with Crippen LogP contribution in [0.3, 0.4) is 0 Å². The predicted octanol–water partition coefficient (Wildman–Crippen LogP) is 3.06. The van der Waals surface area contributed by atoms with Crippen molar-refractivity contribution in [2.24, 2.45) is 0 Å². The Kier molecular flexibility index (Phi) is 4.47. The fourth-order valence-electron chi connectivity index (χ4n) is 1.80. The van der Waals surface area contributed by atoms with Gasteiger partial charge in [-0.1, -0.05) is 59.8 Å². The number of halogens is 1. The number of hydrogen-bond donors (Lipinski definition) is 0. The van der Waals surface area contributed by atoms with Crippen LogP contribution in [-0.2, 0) is 12.3 Å². The standard InChI is InChI=1S/C14H12ClN5S/c15-13-7-6-12(8-16-13)10-21-14-17-18-19-20(14)9-11-4-2-1-3-5-11/h1-8H,9-10H2. The summed E-state index contributed by atoms with van der Waals surface area (Å²) < 4.78 is 1.79. The summed E-state index contributed by atoms with van der Waals surface area (Å²) in [5.41, 5.74) is 2.25. The first-order chi connectivity index (χ1) is 10.3. The van der Waals surface area contributed by atoms with Crippen molar-refractivity contribution >= 4 is 23.4 Å². The molecule has 1 aromatic carbocycles. The third-order valence-corrected chi connectivity index (χ3v) is 4.08. The first-order valence-electron chi connectivity index (χ1n) is 6.34. The van der Waals surface area contributed by atoms with E-state index in [0.717, 1.165) is 16.5 Å². The van der Waals surface area contributed by atoms with Gasteiger partial charge in [0.15, 0.2) is 0 Å². The number of pyridine rings is 1. The van der Waals surface area contributed by atoms with Crippen LogP contribution in [0.15, 0.2) is 53.8 Å². The van der Waals surface area contributed by atoms with E-state index in [-0.39, 0.29) is 0 Å². The monoisotopic (exact) mass is 317 g/mol. The number of nitrogens with zero attached hydrogens (tertiary/aromatic N) is 5. The van der Waals surface area contributed by atoms with Gasteiger partial charge in [-0.25, -0.2) is 9.67 Å². The van der Waals surface area contributed by atoms with Crippen molar-refractivity contribution in [1.29, 1.82) is 0 Å². The lowest BCUT2D eigenvalue weighted by molar-refractivity contribution is 0.603. The van der Waals surface area contributed by atoms with E-state index in [1.165, 1.54) is 5.56 Å². The summed E-state index contributed by atoms with van der Waals surface area (Å²) in [6, 6.07) is 13.8. The average molecular weight is 318 g/mol. The van der Waals surface area contributed by atoms with Gasteiger partial charge < -0.3 is 0 Å². The van der Waals surface area contributed by atoms with Crippen molar-refractivity contribution in [2.75, 3.05) is 0 Å². The van der Waals surface area contributed by atoms with Crippen LogP contribution >= 0.6 is 23.4 Å². The van der Waals surface area contributed by atoms with Crippen molar-refractivity contribution in [3.63, 3.8) is 0 Å². The molecule has 0 spiro atoms. The maximum atomic E-state index is 5.77. The molecule has 3 rings (SSSR count). The summed E-state index contributed by atoms with van der Waals surface area (Å²) in [7, 11) is 0. The van der Waals surface area contributed by atoms with Crippen molar-refractivity contribution < 1.29 is 0 Å². The Labute approximate surface area is 131 Å². The Morgan fingerprint density at radius 2 is 1.90 bits per heavy atom. The smallest absolute Gasteiger partial charge is 0.209 e. The first kappa shape index (κ1) is 14.0. The normalized spacial score (nSPS) is 10.7. The summed E-state index contributed by atoms with van der Waals surface area (Å²) in [4.78, 5) is 4.06. The zero-order valence-corrected chi connectivity index (χ0v) is 12.6. The Morgan fingerprint density at radius 3 is 2.67 bits per heavy atom. The second kappa shape index (κ2) is 6.69. The van der Waals surface area contributed by atoms with Gasteiger partial charge in [0.25, 0.3) is 0 Å². The highest BCUT2D eigenvalue weighted by Gasteiger charge is 2.08. The molecule has 0 fully saturated rings. The molecule has 0 atom stereocenters. The van der Waals surface area contributed by atoms with E-state index in [1.54, 1.807) is 28.7 Å². The SMILES string of the molecule is Clc1ccc(CSc2nnnn2Cc2ccccc2)cn1. The van der Waals surface area contributed by atoms with Crippen LogP contribution in [0.1, 0.15) is 11.1 Å². The van der Waals surface area contributed by atoms with Crippen LogP contribution in [0.2, 0.25) is 5.15 Å². The number of hydrogen-bond acceptors (Lipinski definition) is 5. The number of tetrazole rings is 1. The largest absolute Gasteiger partial charge is 0.244 e. The highest BCUT2D eigenvalue weighted by Crippen LogP contribution is 2.20. The summed E-state index contributed by atoms with van der Waals surface area (Å²) in [6.45, 7) is 0.662. The van der Waals surface area contributed by atoms with Crippen molar-refractivity contribution in [3.05, 3.63) is 64.9 Å². The molecule has 0 amide bonds. The maximum Gasteiger partial charge on any atom is 0.209 e. The predicted molar refractivity (Wildman–Crippen MR) is 82.2 cm³/mol. The van der Waals surface area contributed by atoms with E-state index in [9.17, 15) is 0 Å². The van der Waals surface area contributed by atoms with Gasteiger partial charge in [-0.3, -0.25) is 0 Å². The van der Waals surface area contributed by atoms with Crippen LogP contribution in [0, 0.1) is 0 Å². The van der Waals surface area contributed by atoms with Crippen molar-refractivity contribution in [3.8, 4) is 0 Å². The second-order valence-electron chi connectivity index (χ2n) is 4.38. The van der Waals surface area contributed by atoms with Crippen molar-refractivity contribution in [1.82, 2.24) is 25.2 Å². The van der Waals surface area contributed by atoms with Crippen LogP contribution < -0.4 is 0 Å². The zero-order valence-electron chi connectivity index (χ0n) is 11.1. The molecule has 0 aliphatic rings. The maximum absolute atomic E-state index is 5.77. The molecule has 0 bridgehead atoms. The summed E-state index contributed by atoms with van der Waals surface area (Å²) >= 11 is 7.35. The van der Waals surface area contributed by atoms with Crippen LogP contribution in [-0.4, -0.2) is 25.2 Å². The molecule has 7 heteroatoms. The van der Waals surface area contributed by atoms with Gasteiger partial charge in [-0.15, -0.1) is 5.10 Å². The van der Waals surface area contributed by atoms with Gasteiger partial charge in [0, 0.05) is 11.9 Å². The number of thioether (sulfide) groups is 1. The lowest BCUT2D eigenvalue weighted by atomic mass is 10.2. The first-order valence-corrected chi connectivity index (χ1v) is 7.71. The molecule has 0 radical (unpaired) electrons. The van der Waals surface area contributed by atoms with Gasteiger partial charge in [0.05, 0.1) is 6.54 Å². The third-order valence-electron chi connectivity index (χ3n) is 2.83. The minimum absolute atomic E-state index is 0.498. The fourth-order valence-corrected chi connectivity index (χ4v) is 2.72. The molecular formula is C14H12ClN5S. The van der Waals surface area contributed by atoms with E-state index < -0.39 is 0 Å². The third kappa shape index (κ3) is 3.80. The molecule has 21 heavy (non-hydrogen) atoms. The van der Waals surface area contributed by atoms with E-state index >= 15 is 0 Å². The Hall–Kier alpha value is -1.92. The highest BCUT2D eigenvalue weighted by atomic mass is 35.5. The average Bonchev–Trinajstić information content (AvgIpc) is 2.95. The quantitative estimate of drug-likeness (QED) is 0.534. The van der Waals surface area contributed by atoms with Gasteiger partial charge in [0.2, 0.25) is 5.16 Å². The van der Waals surface area contributed by atoms with Gasteiger partial charge in [-0.2, -0.15) is 0 Å². The van der Waals surface area contributed by atoms with E-state index in [2.05, 4.69) is 32.6 Å². The molecule has 106 valence electrons. The molecule has 0 unspecified atom stereocenters. The van der Waals surface area contributed by atoms with Gasteiger partial charge >= 0.3 is 0 Å². The minimum Gasteiger partial charge on any atom is -0.244 e. The van der Waals surface area contributed by atoms with E-state index in [1.807, 2.05) is 24.3 Å². The molecule has 2 aromatic heterocycles. The topological polar surface area (TPSA) is 56.5 Å². The fraction of sp³-hybridized carbons (Fsp3) is 0.143. The summed E-state index contributed by atoms with van der Waals surface area (Å²) in [5.74, 6) is 0.749. The second-order valence-corrected chi connectivity index (χ2v) is 5.71.